The van der Waals surface area contributed by atoms with E-state index in [1.807, 2.05) is 30.9 Å². The lowest BCUT2D eigenvalue weighted by Gasteiger charge is -2.20. The maximum atomic E-state index is 5.63. The summed E-state index contributed by atoms with van der Waals surface area (Å²) < 4.78 is 5.63. The van der Waals surface area contributed by atoms with Gasteiger partial charge in [-0.3, -0.25) is 4.98 Å². The van der Waals surface area contributed by atoms with Gasteiger partial charge < -0.3 is 20.4 Å². The van der Waals surface area contributed by atoms with Crippen LogP contribution in [0.15, 0.2) is 61.2 Å². The van der Waals surface area contributed by atoms with Crippen LogP contribution in [-0.4, -0.2) is 33.6 Å². The monoisotopic (exact) mass is 422 g/mol. The van der Waals surface area contributed by atoms with E-state index in [-0.39, 0.29) is 0 Å². The van der Waals surface area contributed by atoms with Gasteiger partial charge in [-0.05, 0) is 53.9 Å². The second-order valence-corrected chi connectivity index (χ2v) is 7.97. The van der Waals surface area contributed by atoms with E-state index in [0.29, 0.717) is 5.95 Å². The molecule has 0 unspecified atom stereocenters. The van der Waals surface area contributed by atoms with Crippen molar-refractivity contribution in [2.75, 3.05) is 19.0 Å². The van der Waals surface area contributed by atoms with E-state index < -0.39 is 0 Å². The number of ether oxygens (including phenoxy) is 1. The highest BCUT2D eigenvalue weighted by Gasteiger charge is 2.15. The summed E-state index contributed by atoms with van der Waals surface area (Å²) in [6, 6.07) is 12.5. The van der Waals surface area contributed by atoms with E-state index >= 15 is 0 Å². The van der Waals surface area contributed by atoms with Crippen molar-refractivity contribution in [3.63, 3.8) is 0 Å². The molecule has 4 heterocycles. The lowest BCUT2D eigenvalue weighted by Crippen LogP contribution is -2.23. The molecular weight excluding hydrogens is 400 g/mol. The van der Waals surface area contributed by atoms with Crippen molar-refractivity contribution in [3.8, 4) is 16.9 Å². The Hall–Kier alpha value is -3.97. The summed E-state index contributed by atoms with van der Waals surface area (Å²) in [6.45, 7) is 1.85. The van der Waals surface area contributed by atoms with Crippen molar-refractivity contribution >= 4 is 33.4 Å². The third-order valence-corrected chi connectivity index (χ3v) is 6.02. The predicted octanol–water partition coefficient (Wildman–Crippen LogP) is 4.57. The number of rotatable bonds is 4. The number of aromatic nitrogens is 4. The van der Waals surface area contributed by atoms with Crippen LogP contribution in [0.5, 0.6) is 5.75 Å². The molecule has 2 aromatic carbocycles. The fourth-order valence-corrected chi connectivity index (χ4v) is 4.36. The molecule has 0 spiro atoms. The van der Waals surface area contributed by atoms with Gasteiger partial charge in [0.05, 0.1) is 30.0 Å². The van der Waals surface area contributed by atoms with Crippen LogP contribution in [0.4, 0.5) is 11.6 Å². The summed E-state index contributed by atoms with van der Waals surface area (Å²) in [4.78, 5) is 16.9. The van der Waals surface area contributed by atoms with E-state index in [2.05, 4.69) is 55.9 Å². The molecule has 6 rings (SSSR count). The molecule has 0 bridgehead atoms. The van der Waals surface area contributed by atoms with Crippen molar-refractivity contribution in [2.24, 2.45) is 0 Å². The zero-order chi connectivity index (χ0) is 21.5. The lowest BCUT2D eigenvalue weighted by molar-refractivity contribution is 0.415. The number of hydrogen-bond donors (Lipinski definition) is 3. The first kappa shape index (κ1) is 18.8. The first-order valence-corrected chi connectivity index (χ1v) is 10.6. The smallest absolute Gasteiger partial charge is 0.227 e. The molecule has 0 aliphatic carbocycles. The van der Waals surface area contributed by atoms with Crippen LogP contribution in [0, 0.1) is 0 Å². The highest BCUT2D eigenvalue weighted by molar-refractivity contribution is 5.96. The Morgan fingerprint density at radius 2 is 2.00 bits per heavy atom. The largest absolute Gasteiger partial charge is 0.495 e. The fraction of sp³-hybridized carbons (Fsp3) is 0.160. The highest BCUT2D eigenvalue weighted by atomic mass is 16.5. The molecule has 5 aromatic rings. The molecule has 32 heavy (non-hydrogen) atoms. The number of methoxy groups -OCH3 is 1. The van der Waals surface area contributed by atoms with Crippen LogP contribution in [0.2, 0.25) is 0 Å². The summed E-state index contributed by atoms with van der Waals surface area (Å²) in [7, 11) is 1.69. The standard InChI is InChI=1S/C25H22N6O/c1-32-24-10-15-4-6-26-11-18(15)9-22(24)31-25-29-12-17-3-2-16(8-21(17)30-25)20-13-27-14-23-19(20)5-7-28-23/h2-3,5,7-10,12-14,26,28H,4,6,11H2,1H3,(H,29,30,31). The average molecular weight is 422 g/mol. The second-order valence-electron chi connectivity index (χ2n) is 7.97. The maximum Gasteiger partial charge on any atom is 0.227 e. The van der Waals surface area contributed by atoms with E-state index in [4.69, 9.17) is 9.72 Å². The molecule has 0 radical (unpaired) electrons. The Labute approximate surface area is 184 Å². The molecule has 0 amide bonds. The van der Waals surface area contributed by atoms with Crippen LogP contribution in [0.1, 0.15) is 11.1 Å². The third kappa shape index (κ3) is 3.23. The number of pyridine rings is 1. The maximum absolute atomic E-state index is 5.63. The van der Waals surface area contributed by atoms with Gasteiger partial charge >= 0.3 is 0 Å². The van der Waals surface area contributed by atoms with E-state index in [0.717, 1.165) is 63.9 Å². The number of nitrogens with one attached hydrogen (secondary N) is 3. The zero-order valence-corrected chi connectivity index (χ0v) is 17.6. The van der Waals surface area contributed by atoms with Crippen molar-refractivity contribution < 1.29 is 4.74 Å². The van der Waals surface area contributed by atoms with Gasteiger partial charge in [-0.1, -0.05) is 12.1 Å². The lowest BCUT2D eigenvalue weighted by atomic mass is 10.00. The average Bonchev–Trinajstić information content (AvgIpc) is 3.32. The molecule has 0 saturated heterocycles. The first-order chi connectivity index (χ1) is 15.8. The quantitative estimate of drug-likeness (QED) is 0.393. The second kappa shape index (κ2) is 7.62. The van der Waals surface area contributed by atoms with Gasteiger partial charge in [0.25, 0.3) is 0 Å². The molecule has 0 atom stereocenters. The van der Waals surface area contributed by atoms with Crippen LogP contribution in [0.25, 0.3) is 32.9 Å². The Balaban J connectivity index is 1.39. The van der Waals surface area contributed by atoms with Gasteiger partial charge in [-0.15, -0.1) is 0 Å². The SMILES string of the molecule is COc1cc2c(cc1Nc1ncc3ccc(-c4cncc5[nH]ccc45)cc3n1)CNCC2. The predicted molar refractivity (Wildman–Crippen MR) is 126 cm³/mol. The molecule has 1 aliphatic heterocycles. The minimum Gasteiger partial charge on any atom is -0.495 e. The van der Waals surface area contributed by atoms with Gasteiger partial charge in [0.1, 0.15) is 5.75 Å². The van der Waals surface area contributed by atoms with Gasteiger partial charge in [-0.25, -0.2) is 9.97 Å². The molecule has 7 heteroatoms. The number of anilines is 2. The molecule has 0 saturated carbocycles. The molecule has 0 fully saturated rings. The van der Waals surface area contributed by atoms with Crippen molar-refractivity contribution in [3.05, 3.63) is 72.3 Å². The Kier molecular flexibility index (Phi) is 4.47. The molecular formula is C25H22N6O. The molecule has 3 N–H and O–H groups in total. The Morgan fingerprint density at radius 3 is 2.94 bits per heavy atom. The van der Waals surface area contributed by atoms with Crippen molar-refractivity contribution in [1.82, 2.24) is 25.3 Å². The van der Waals surface area contributed by atoms with Gasteiger partial charge in [0.2, 0.25) is 5.95 Å². The van der Waals surface area contributed by atoms with E-state index in [9.17, 15) is 0 Å². The minimum absolute atomic E-state index is 0.537. The van der Waals surface area contributed by atoms with Gasteiger partial charge in [-0.2, -0.15) is 0 Å². The molecule has 3 aromatic heterocycles. The first-order valence-electron chi connectivity index (χ1n) is 10.6. The highest BCUT2D eigenvalue weighted by Crippen LogP contribution is 2.33. The van der Waals surface area contributed by atoms with Crippen molar-refractivity contribution in [1.29, 1.82) is 0 Å². The summed E-state index contributed by atoms with van der Waals surface area (Å²) >= 11 is 0. The number of nitrogens with zero attached hydrogens (tertiary/aromatic N) is 3. The fourth-order valence-electron chi connectivity index (χ4n) is 4.36. The molecule has 1 aliphatic rings. The van der Waals surface area contributed by atoms with Crippen LogP contribution < -0.4 is 15.4 Å². The summed E-state index contributed by atoms with van der Waals surface area (Å²) in [5.74, 6) is 1.34. The van der Waals surface area contributed by atoms with E-state index in [1.165, 1.54) is 11.1 Å². The third-order valence-electron chi connectivity index (χ3n) is 6.02. The number of fused-ring (bicyclic) bond motifs is 3. The topological polar surface area (TPSA) is 87.8 Å². The van der Waals surface area contributed by atoms with Crippen molar-refractivity contribution in [2.45, 2.75) is 13.0 Å². The van der Waals surface area contributed by atoms with Crippen LogP contribution in [-0.2, 0) is 13.0 Å². The Morgan fingerprint density at radius 1 is 1.03 bits per heavy atom. The summed E-state index contributed by atoms with van der Waals surface area (Å²) in [5, 5.41) is 8.90. The van der Waals surface area contributed by atoms with Gasteiger partial charge in [0.15, 0.2) is 0 Å². The minimum atomic E-state index is 0.537. The van der Waals surface area contributed by atoms with Crippen LogP contribution >= 0.6 is 0 Å². The summed E-state index contributed by atoms with van der Waals surface area (Å²) in [5.41, 5.74) is 7.48. The van der Waals surface area contributed by atoms with Gasteiger partial charge in [0, 0.05) is 41.5 Å². The molecule has 7 nitrogen and oxygen atoms in total. The van der Waals surface area contributed by atoms with E-state index in [1.54, 1.807) is 7.11 Å². The number of aromatic amines is 1. The normalized spacial score (nSPS) is 13.3. The van der Waals surface area contributed by atoms with Crippen LogP contribution in [0.3, 0.4) is 0 Å². The summed E-state index contributed by atoms with van der Waals surface area (Å²) in [6.07, 6.45) is 8.51. The zero-order valence-electron chi connectivity index (χ0n) is 17.6. The molecule has 158 valence electrons. The Bertz CT molecular complexity index is 1460. The number of benzene rings is 2. The number of hydrogen-bond acceptors (Lipinski definition) is 6. The number of H-pyrrole nitrogens is 1.